The molecule has 1 aromatic heterocycles. The number of nitrogens with zero attached hydrogens (tertiary/aromatic N) is 1. The Morgan fingerprint density at radius 2 is 2.45 bits per heavy atom. The Kier molecular flexibility index (Phi) is 3.81. The van der Waals surface area contributed by atoms with Crippen molar-refractivity contribution in [2.45, 2.75) is 25.3 Å². The van der Waals surface area contributed by atoms with Crippen LogP contribution in [0.3, 0.4) is 0 Å². The highest BCUT2D eigenvalue weighted by Gasteiger charge is 2.29. The molecule has 0 spiro atoms. The van der Waals surface area contributed by atoms with Gasteiger partial charge in [0.2, 0.25) is 11.8 Å². The summed E-state index contributed by atoms with van der Waals surface area (Å²) in [6.07, 6.45) is 2.61. The smallest absolute Gasteiger partial charge is 0.220 e. The predicted octanol–water partition coefficient (Wildman–Crippen LogP) is 1.46. The molecule has 0 aromatic carbocycles. The number of aromatic nitrogens is 1. The molecular weight excluding hydrogens is 278 g/mol. The SMILES string of the molecule is COc1nc(Cl)cc2c1C(NC[C@@H]1CNC(=O)C1)CC2. The van der Waals surface area contributed by atoms with Gasteiger partial charge in [-0.05, 0) is 30.4 Å². The number of nitrogens with one attached hydrogen (secondary N) is 2. The van der Waals surface area contributed by atoms with Crippen molar-refractivity contribution in [3.8, 4) is 5.88 Å². The summed E-state index contributed by atoms with van der Waals surface area (Å²) in [4.78, 5) is 15.4. The van der Waals surface area contributed by atoms with E-state index in [0.29, 0.717) is 23.4 Å². The molecule has 1 saturated heterocycles. The molecule has 1 aromatic rings. The third-order valence-electron chi connectivity index (χ3n) is 4.04. The van der Waals surface area contributed by atoms with Crippen LogP contribution in [0.15, 0.2) is 6.07 Å². The van der Waals surface area contributed by atoms with Crippen molar-refractivity contribution < 1.29 is 9.53 Å². The summed E-state index contributed by atoms with van der Waals surface area (Å²) in [5.74, 6) is 1.13. The molecule has 1 unspecified atom stereocenters. The van der Waals surface area contributed by atoms with Crippen molar-refractivity contribution >= 4 is 17.5 Å². The van der Waals surface area contributed by atoms with Crippen LogP contribution in [0.25, 0.3) is 0 Å². The summed E-state index contributed by atoms with van der Waals surface area (Å²) >= 11 is 5.99. The largest absolute Gasteiger partial charge is 0.481 e. The zero-order valence-corrected chi connectivity index (χ0v) is 12.2. The highest BCUT2D eigenvalue weighted by Crippen LogP contribution is 2.38. The topological polar surface area (TPSA) is 63.2 Å². The van der Waals surface area contributed by atoms with Gasteiger partial charge in [0.05, 0.1) is 7.11 Å². The zero-order chi connectivity index (χ0) is 14.1. The van der Waals surface area contributed by atoms with Crippen LogP contribution in [-0.2, 0) is 11.2 Å². The Morgan fingerprint density at radius 3 is 3.15 bits per heavy atom. The molecule has 1 aliphatic carbocycles. The number of halogens is 1. The summed E-state index contributed by atoms with van der Waals surface area (Å²) in [6, 6.07) is 2.15. The van der Waals surface area contributed by atoms with Gasteiger partial charge < -0.3 is 15.4 Å². The number of aryl methyl sites for hydroxylation is 1. The fourth-order valence-electron chi connectivity index (χ4n) is 3.05. The van der Waals surface area contributed by atoms with Crippen LogP contribution in [0, 0.1) is 5.92 Å². The van der Waals surface area contributed by atoms with Crippen LogP contribution >= 0.6 is 11.6 Å². The van der Waals surface area contributed by atoms with Gasteiger partial charge in [0, 0.05) is 31.1 Å². The van der Waals surface area contributed by atoms with Gasteiger partial charge in [0.25, 0.3) is 0 Å². The molecule has 0 radical (unpaired) electrons. The molecule has 1 fully saturated rings. The molecule has 3 rings (SSSR count). The number of methoxy groups -OCH3 is 1. The molecule has 20 heavy (non-hydrogen) atoms. The lowest BCUT2D eigenvalue weighted by Crippen LogP contribution is -2.27. The fourth-order valence-corrected chi connectivity index (χ4v) is 3.26. The summed E-state index contributed by atoms with van der Waals surface area (Å²) in [6.45, 7) is 1.59. The molecule has 108 valence electrons. The second-order valence-corrected chi connectivity index (χ2v) is 5.79. The van der Waals surface area contributed by atoms with Gasteiger partial charge in [0.15, 0.2) is 0 Å². The number of carbonyl (C=O) groups excluding carboxylic acids is 1. The first-order valence-electron chi connectivity index (χ1n) is 6.90. The Bertz CT molecular complexity index is 535. The quantitative estimate of drug-likeness (QED) is 0.826. The predicted molar refractivity (Wildman–Crippen MR) is 76.0 cm³/mol. The van der Waals surface area contributed by atoms with Crippen LogP contribution in [0.2, 0.25) is 5.15 Å². The van der Waals surface area contributed by atoms with Gasteiger partial charge in [-0.1, -0.05) is 11.6 Å². The molecule has 2 N–H and O–H groups in total. The molecule has 1 amide bonds. The summed E-state index contributed by atoms with van der Waals surface area (Å²) in [5.41, 5.74) is 2.33. The van der Waals surface area contributed by atoms with Gasteiger partial charge >= 0.3 is 0 Å². The Morgan fingerprint density at radius 1 is 1.60 bits per heavy atom. The number of amides is 1. The van der Waals surface area contributed by atoms with Crippen molar-refractivity contribution in [1.29, 1.82) is 0 Å². The van der Waals surface area contributed by atoms with Crippen molar-refractivity contribution in [2.24, 2.45) is 5.92 Å². The minimum Gasteiger partial charge on any atom is -0.481 e. The zero-order valence-electron chi connectivity index (χ0n) is 11.4. The number of hydrogen-bond donors (Lipinski definition) is 2. The molecule has 2 atom stereocenters. The lowest BCUT2D eigenvalue weighted by Gasteiger charge is -2.18. The molecule has 2 heterocycles. The monoisotopic (exact) mass is 295 g/mol. The van der Waals surface area contributed by atoms with Gasteiger partial charge in [0.1, 0.15) is 5.15 Å². The molecule has 0 saturated carbocycles. The Labute approximate surface area is 123 Å². The van der Waals surface area contributed by atoms with E-state index in [1.165, 1.54) is 5.56 Å². The number of pyridine rings is 1. The van der Waals surface area contributed by atoms with Crippen LogP contribution in [0.4, 0.5) is 0 Å². The van der Waals surface area contributed by atoms with Gasteiger partial charge in [-0.2, -0.15) is 0 Å². The standard InChI is InChI=1S/C14H18ClN3O2/c1-20-14-13-9(5-11(15)18-14)2-3-10(13)16-6-8-4-12(19)17-7-8/h5,8,10,16H,2-4,6-7H2,1H3,(H,17,19)/t8-,10?/m1/s1. The number of rotatable bonds is 4. The first-order valence-corrected chi connectivity index (χ1v) is 7.28. The number of hydrogen-bond acceptors (Lipinski definition) is 4. The first kappa shape index (κ1) is 13.6. The maximum atomic E-state index is 11.2. The summed E-state index contributed by atoms with van der Waals surface area (Å²) in [5, 5.41) is 6.88. The van der Waals surface area contributed by atoms with Crippen LogP contribution in [0.1, 0.15) is 30.0 Å². The summed E-state index contributed by atoms with van der Waals surface area (Å²) < 4.78 is 5.35. The summed E-state index contributed by atoms with van der Waals surface area (Å²) in [7, 11) is 1.62. The Balaban J connectivity index is 1.71. The number of fused-ring (bicyclic) bond motifs is 1. The van der Waals surface area contributed by atoms with Crippen LogP contribution < -0.4 is 15.4 Å². The molecule has 0 bridgehead atoms. The highest BCUT2D eigenvalue weighted by molar-refractivity contribution is 6.29. The van der Waals surface area contributed by atoms with Crippen molar-refractivity contribution in [2.75, 3.05) is 20.2 Å². The van der Waals surface area contributed by atoms with Gasteiger partial charge in [-0.15, -0.1) is 0 Å². The van der Waals surface area contributed by atoms with E-state index in [9.17, 15) is 4.79 Å². The number of ether oxygens (including phenoxy) is 1. The molecule has 5 nitrogen and oxygen atoms in total. The van der Waals surface area contributed by atoms with E-state index in [0.717, 1.165) is 31.5 Å². The average molecular weight is 296 g/mol. The van der Waals surface area contributed by atoms with E-state index in [2.05, 4.69) is 15.6 Å². The normalized spacial score (nSPS) is 24.6. The minimum absolute atomic E-state index is 0.148. The van der Waals surface area contributed by atoms with E-state index in [-0.39, 0.29) is 11.9 Å². The molecular formula is C14H18ClN3O2. The van der Waals surface area contributed by atoms with Gasteiger partial charge in [-0.3, -0.25) is 4.79 Å². The minimum atomic E-state index is 0.148. The van der Waals surface area contributed by atoms with E-state index in [1.54, 1.807) is 7.11 Å². The van der Waals surface area contributed by atoms with Crippen LogP contribution in [0.5, 0.6) is 5.88 Å². The fraction of sp³-hybridized carbons (Fsp3) is 0.571. The Hall–Kier alpha value is -1.33. The maximum Gasteiger partial charge on any atom is 0.220 e. The van der Waals surface area contributed by atoms with E-state index in [1.807, 2.05) is 6.07 Å². The lowest BCUT2D eigenvalue weighted by atomic mass is 10.1. The maximum absolute atomic E-state index is 11.2. The second kappa shape index (κ2) is 5.58. The van der Waals surface area contributed by atoms with E-state index in [4.69, 9.17) is 16.3 Å². The van der Waals surface area contributed by atoms with Crippen molar-refractivity contribution in [1.82, 2.24) is 15.6 Å². The first-order chi connectivity index (χ1) is 9.67. The lowest BCUT2D eigenvalue weighted by molar-refractivity contribution is -0.119. The van der Waals surface area contributed by atoms with Crippen molar-refractivity contribution in [3.05, 3.63) is 22.3 Å². The van der Waals surface area contributed by atoms with E-state index < -0.39 is 0 Å². The third-order valence-corrected chi connectivity index (χ3v) is 4.23. The van der Waals surface area contributed by atoms with E-state index >= 15 is 0 Å². The van der Waals surface area contributed by atoms with Crippen molar-refractivity contribution in [3.63, 3.8) is 0 Å². The molecule has 6 heteroatoms. The number of carbonyl (C=O) groups is 1. The second-order valence-electron chi connectivity index (χ2n) is 5.40. The average Bonchev–Trinajstić information content (AvgIpc) is 3.01. The molecule has 2 aliphatic rings. The highest BCUT2D eigenvalue weighted by atomic mass is 35.5. The third kappa shape index (κ3) is 2.60. The van der Waals surface area contributed by atoms with Crippen LogP contribution in [-0.4, -0.2) is 31.1 Å². The molecule has 1 aliphatic heterocycles. The van der Waals surface area contributed by atoms with Gasteiger partial charge in [-0.25, -0.2) is 4.98 Å².